The SMILES string of the molecule is COC(=O)[C@H]1[C@H]2CC[C@@H](C2)[C@@H]1NC(=O)c1ccc(C)o1. The molecule has 1 amide bonds. The highest BCUT2D eigenvalue weighted by Crippen LogP contribution is 2.49. The summed E-state index contributed by atoms with van der Waals surface area (Å²) in [6, 6.07) is 3.29. The number of furan rings is 1. The van der Waals surface area contributed by atoms with E-state index in [2.05, 4.69) is 5.32 Å². The van der Waals surface area contributed by atoms with Crippen molar-refractivity contribution in [2.45, 2.75) is 32.2 Å². The van der Waals surface area contributed by atoms with E-state index in [-0.39, 0.29) is 23.8 Å². The fourth-order valence-corrected chi connectivity index (χ4v) is 3.75. The van der Waals surface area contributed by atoms with Crippen LogP contribution in [0.2, 0.25) is 0 Å². The number of amides is 1. The van der Waals surface area contributed by atoms with E-state index in [1.807, 2.05) is 0 Å². The number of fused-ring (bicyclic) bond motifs is 2. The summed E-state index contributed by atoms with van der Waals surface area (Å²) in [5, 5.41) is 2.97. The molecule has 1 N–H and O–H groups in total. The maximum Gasteiger partial charge on any atom is 0.311 e. The predicted octanol–water partition coefficient (Wildman–Crippen LogP) is 1.91. The number of hydrogen-bond acceptors (Lipinski definition) is 4. The second-order valence-electron chi connectivity index (χ2n) is 5.79. The molecule has 0 unspecified atom stereocenters. The summed E-state index contributed by atoms with van der Waals surface area (Å²) in [6.45, 7) is 1.80. The van der Waals surface area contributed by atoms with E-state index in [9.17, 15) is 9.59 Å². The number of carbonyl (C=O) groups is 2. The lowest BCUT2D eigenvalue weighted by Gasteiger charge is -2.29. The van der Waals surface area contributed by atoms with Gasteiger partial charge in [-0.1, -0.05) is 0 Å². The number of ether oxygens (including phenoxy) is 1. The standard InChI is InChI=1S/C15H19NO4/c1-8-3-6-11(20-8)14(17)16-13-10-5-4-9(7-10)12(13)15(18)19-2/h3,6,9-10,12-13H,4-5,7H2,1-2H3,(H,16,17)/t9-,10-,12-,13-/m0/s1. The summed E-state index contributed by atoms with van der Waals surface area (Å²) < 4.78 is 10.2. The number of methoxy groups -OCH3 is 1. The van der Waals surface area contributed by atoms with Crippen LogP contribution in [-0.2, 0) is 9.53 Å². The molecule has 0 spiro atoms. The normalized spacial score (nSPS) is 31.3. The zero-order valence-corrected chi connectivity index (χ0v) is 11.7. The summed E-state index contributed by atoms with van der Waals surface area (Å²) in [7, 11) is 1.41. The third kappa shape index (κ3) is 2.11. The van der Waals surface area contributed by atoms with E-state index >= 15 is 0 Å². The molecular formula is C15H19NO4. The highest BCUT2D eigenvalue weighted by Gasteiger charge is 2.52. The van der Waals surface area contributed by atoms with Crippen LogP contribution in [0.4, 0.5) is 0 Å². The molecule has 1 heterocycles. The third-order valence-corrected chi connectivity index (χ3v) is 4.65. The monoisotopic (exact) mass is 277 g/mol. The Morgan fingerprint density at radius 2 is 2.05 bits per heavy atom. The molecule has 20 heavy (non-hydrogen) atoms. The van der Waals surface area contributed by atoms with E-state index in [0.29, 0.717) is 23.4 Å². The summed E-state index contributed by atoms with van der Waals surface area (Å²) in [6.07, 6.45) is 3.12. The average Bonchev–Trinajstić information content (AvgIpc) is 3.13. The molecule has 2 aliphatic rings. The van der Waals surface area contributed by atoms with Gasteiger partial charge in [-0.25, -0.2) is 0 Å². The van der Waals surface area contributed by atoms with Crippen LogP contribution >= 0.6 is 0 Å². The van der Waals surface area contributed by atoms with Gasteiger partial charge in [-0.3, -0.25) is 9.59 Å². The molecule has 0 aromatic carbocycles. The van der Waals surface area contributed by atoms with E-state index < -0.39 is 0 Å². The topological polar surface area (TPSA) is 68.5 Å². The van der Waals surface area contributed by atoms with Gasteiger partial charge in [0.2, 0.25) is 0 Å². The molecule has 1 aromatic heterocycles. The molecule has 0 radical (unpaired) electrons. The molecule has 5 heteroatoms. The van der Waals surface area contributed by atoms with Gasteiger partial charge in [-0.2, -0.15) is 0 Å². The minimum absolute atomic E-state index is 0.126. The smallest absolute Gasteiger partial charge is 0.311 e. The van der Waals surface area contributed by atoms with Crippen LogP contribution in [0.15, 0.2) is 16.5 Å². The Hall–Kier alpha value is -1.78. The summed E-state index contributed by atoms with van der Waals surface area (Å²) in [4.78, 5) is 24.1. The predicted molar refractivity (Wildman–Crippen MR) is 71.0 cm³/mol. The fourth-order valence-electron chi connectivity index (χ4n) is 3.75. The van der Waals surface area contributed by atoms with Gasteiger partial charge in [0.1, 0.15) is 5.76 Å². The molecule has 1 aromatic rings. The summed E-state index contributed by atoms with van der Waals surface area (Å²) in [5.74, 6) is 1.06. The van der Waals surface area contributed by atoms with Gasteiger partial charge in [-0.05, 0) is 50.2 Å². The summed E-state index contributed by atoms with van der Waals surface area (Å²) in [5.41, 5.74) is 0. The van der Waals surface area contributed by atoms with E-state index in [4.69, 9.17) is 9.15 Å². The second kappa shape index (κ2) is 4.96. The lowest BCUT2D eigenvalue weighted by atomic mass is 9.84. The Bertz CT molecular complexity index is 536. The first-order chi connectivity index (χ1) is 9.60. The number of aryl methyl sites for hydroxylation is 1. The first-order valence-corrected chi connectivity index (χ1v) is 7.05. The maximum absolute atomic E-state index is 12.2. The van der Waals surface area contributed by atoms with E-state index in [1.165, 1.54) is 7.11 Å². The first kappa shape index (κ1) is 13.2. The van der Waals surface area contributed by atoms with Crippen molar-refractivity contribution in [3.63, 3.8) is 0 Å². The van der Waals surface area contributed by atoms with Gasteiger partial charge >= 0.3 is 5.97 Å². The molecular weight excluding hydrogens is 258 g/mol. The highest BCUT2D eigenvalue weighted by molar-refractivity contribution is 5.92. The van der Waals surface area contributed by atoms with Crippen molar-refractivity contribution in [1.29, 1.82) is 0 Å². The number of esters is 1. The zero-order valence-electron chi connectivity index (χ0n) is 11.7. The molecule has 2 aliphatic carbocycles. The molecule has 2 fully saturated rings. The largest absolute Gasteiger partial charge is 0.469 e. The number of hydrogen-bond donors (Lipinski definition) is 1. The molecule has 3 rings (SSSR count). The Morgan fingerprint density at radius 3 is 2.70 bits per heavy atom. The van der Waals surface area contributed by atoms with E-state index in [0.717, 1.165) is 19.3 Å². The first-order valence-electron chi connectivity index (χ1n) is 7.05. The van der Waals surface area contributed by atoms with Crippen LogP contribution in [0.5, 0.6) is 0 Å². The highest BCUT2D eigenvalue weighted by atomic mass is 16.5. The zero-order chi connectivity index (χ0) is 14.3. The van der Waals surface area contributed by atoms with Crippen LogP contribution in [-0.4, -0.2) is 25.0 Å². The van der Waals surface area contributed by atoms with Crippen molar-refractivity contribution < 1.29 is 18.7 Å². The number of nitrogens with one attached hydrogen (secondary N) is 1. The maximum atomic E-state index is 12.2. The van der Waals surface area contributed by atoms with Crippen LogP contribution < -0.4 is 5.32 Å². The molecule has 108 valence electrons. The average molecular weight is 277 g/mol. The van der Waals surface area contributed by atoms with Gasteiger partial charge in [-0.15, -0.1) is 0 Å². The molecule has 4 atom stereocenters. The fraction of sp³-hybridized carbons (Fsp3) is 0.600. The minimum atomic E-state index is -0.246. The van der Waals surface area contributed by atoms with Crippen molar-refractivity contribution in [1.82, 2.24) is 5.32 Å². The molecule has 5 nitrogen and oxygen atoms in total. The number of carbonyl (C=O) groups excluding carboxylic acids is 2. The molecule has 2 bridgehead atoms. The van der Waals surface area contributed by atoms with Crippen LogP contribution in [0.3, 0.4) is 0 Å². The van der Waals surface area contributed by atoms with E-state index in [1.54, 1.807) is 19.1 Å². The quantitative estimate of drug-likeness (QED) is 0.857. The van der Waals surface area contributed by atoms with Gasteiger partial charge < -0.3 is 14.5 Å². The van der Waals surface area contributed by atoms with Crippen molar-refractivity contribution in [3.8, 4) is 0 Å². The van der Waals surface area contributed by atoms with Crippen molar-refractivity contribution >= 4 is 11.9 Å². The second-order valence-corrected chi connectivity index (χ2v) is 5.79. The van der Waals surface area contributed by atoms with Crippen LogP contribution in [0.1, 0.15) is 35.6 Å². The van der Waals surface area contributed by atoms with Crippen molar-refractivity contribution in [2.75, 3.05) is 7.11 Å². The Balaban J connectivity index is 1.75. The lowest BCUT2D eigenvalue weighted by Crippen LogP contribution is -2.47. The minimum Gasteiger partial charge on any atom is -0.469 e. The molecule has 0 aliphatic heterocycles. The third-order valence-electron chi connectivity index (χ3n) is 4.65. The van der Waals surface area contributed by atoms with Gasteiger partial charge in [0, 0.05) is 6.04 Å². The Kier molecular flexibility index (Phi) is 3.28. The van der Waals surface area contributed by atoms with Crippen LogP contribution in [0.25, 0.3) is 0 Å². The van der Waals surface area contributed by atoms with Crippen molar-refractivity contribution in [3.05, 3.63) is 23.7 Å². The molecule has 0 saturated heterocycles. The van der Waals surface area contributed by atoms with Gasteiger partial charge in [0.05, 0.1) is 13.0 Å². The van der Waals surface area contributed by atoms with Gasteiger partial charge in [0.15, 0.2) is 5.76 Å². The molecule has 2 saturated carbocycles. The number of rotatable bonds is 3. The lowest BCUT2D eigenvalue weighted by molar-refractivity contribution is -0.148. The van der Waals surface area contributed by atoms with Crippen molar-refractivity contribution in [2.24, 2.45) is 17.8 Å². The Morgan fingerprint density at radius 1 is 1.30 bits per heavy atom. The van der Waals surface area contributed by atoms with Gasteiger partial charge in [0.25, 0.3) is 5.91 Å². The summed E-state index contributed by atoms with van der Waals surface area (Å²) >= 11 is 0. The Labute approximate surface area is 117 Å². The van der Waals surface area contributed by atoms with Crippen LogP contribution in [0, 0.1) is 24.7 Å².